The smallest absolute Gasteiger partial charge is 0.405 e. The number of benzene rings is 1. The van der Waals surface area contributed by atoms with E-state index < -0.39 is 6.36 Å². The molecular weight excluding hydrogens is 328 g/mol. The van der Waals surface area contributed by atoms with E-state index in [1.165, 1.54) is 24.3 Å². The minimum Gasteiger partial charge on any atom is -0.405 e. The Morgan fingerprint density at radius 2 is 1.81 bits per heavy atom. The Morgan fingerprint density at radius 1 is 1.14 bits per heavy atom. The Balaban J connectivity index is 2.57. The van der Waals surface area contributed by atoms with Gasteiger partial charge in [-0.15, -0.1) is 13.2 Å². The normalized spacial score (nSPS) is 11.3. The molecule has 21 heavy (non-hydrogen) atoms. The molecule has 2 rings (SSSR count). The summed E-state index contributed by atoms with van der Waals surface area (Å²) in [6.07, 6.45) is -4.80. The summed E-state index contributed by atoms with van der Waals surface area (Å²) in [4.78, 5) is 4.13. The number of para-hydroxylation sites is 1. The van der Waals surface area contributed by atoms with Crippen LogP contribution in [-0.2, 0) is 0 Å². The van der Waals surface area contributed by atoms with Crippen molar-refractivity contribution in [2.75, 3.05) is 12.4 Å². The summed E-state index contributed by atoms with van der Waals surface area (Å²) in [5.41, 5.74) is 0.262. The third-order valence-electron chi connectivity index (χ3n) is 2.53. The van der Waals surface area contributed by atoms with Crippen LogP contribution in [0.2, 0.25) is 10.0 Å². The number of ether oxygens (including phenoxy) is 1. The maximum Gasteiger partial charge on any atom is 0.573 e. The highest BCUT2D eigenvalue weighted by Gasteiger charge is 2.32. The van der Waals surface area contributed by atoms with Crippen molar-refractivity contribution in [3.05, 3.63) is 40.4 Å². The molecule has 3 nitrogen and oxygen atoms in total. The highest BCUT2D eigenvalue weighted by molar-refractivity contribution is 6.37. The molecule has 0 bridgehead atoms. The maximum absolute atomic E-state index is 12.4. The van der Waals surface area contributed by atoms with Gasteiger partial charge in [0.05, 0.1) is 15.7 Å². The van der Waals surface area contributed by atoms with E-state index in [0.717, 1.165) is 0 Å². The van der Waals surface area contributed by atoms with Crippen LogP contribution in [-0.4, -0.2) is 18.4 Å². The van der Waals surface area contributed by atoms with Gasteiger partial charge in [-0.2, -0.15) is 0 Å². The number of anilines is 1. The van der Waals surface area contributed by atoms with E-state index in [-0.39, 0.29) is 27.1 Å². The Labute approximate surface area is 128 Å². The molecule has 0 unspecified atom stereocenters. The molecular formula is C13H9Cl2F3N2O. The van der Waals surface area contributed by atoms with Gasteiger partial charge in [-0.1, -0.05) is 35.3 Å². The fourth-order valence-corrected chi connectivity index (χ4v) is 2.26. The molecule has 0 fully saturated rings. The first kappa shape index (κ1) is 15.7. The Hall–Kier alpha value is -1.66. The summed E-state index contributed by atoms with van der Waals surface area (Å²) in [5, 5.41) is 3.12. The van der Waals surface area contributed by atoms with Crippen LogP contribution in [0.1, 0.15) is 0 Å². The monoisotopic (exact) mass is 336 g/mol. The molecule has 1 heterocycles. The zero-order valence-electron chi connectivity index (χ0n) is 10.6. The van der Waals surface area contributed by atoms with E-state index >= 15 is 0 Å². The van der Waals surface area contributed by atoms with Crippen LogP contribution >= 0.6 is 23.2 Å². The summed E-state index contributed by atoms with van der Waals surface area (Å²) in [6, 6.07) is 7.01. The van der Waals surface area contributed by atoms with Crippen molar-refractivity contribution in [3.8, 4) is 17.0 Å². The second-order valence-corrected chi connectivity index (χ2v) is 4.76. The molecule has 1 aromatic heterocycles. The van der Waals surface area contributed by atoms with Crippen LogP contribution in [0, 0.1) is 0 Å². The van der Waals surface area contributed by atoms with Crippen LogP contribution < -0.4 is 10.1 Å². The lowest BCUT2D eigenvalue weighted by Gasteiger charge is -2.14. The highest BCUT2D eigenvalue weighted by Crippen LogP contribution is 2.38. The van der Waals surface area contributed by atoms with Gasteiger partial charge in [0.1, 0.15) is 11.6 Å². The second kappa shape index (κ2) is 5.99. The molecule has 0 amide bonds. The molecule has 0 aliphatic rings. The van der Waals surface area contributed by atoms with Crippen molar-refractivity contribution in [2.24, 2.45) is 0 Å². The molecule has 1 aromatic carbocycles. The lowest BCUT2D eigenvalue weighted by molar-refractivity contribution is -0.274. The van der Waals surface area contributed by atoms with Crippen LogP contribution in [0.3, 0.4) is 0 Å². The van der Waals surface area contributed by atoms with Gasteiger partial charge in [-0.05, 0) is 18.2 Å². The predicted octanol–water partition coefficient (Wildman–Crippen LogP) is 5.00. The summed E-state index contributed by atoms with van der Waals surface area (Å²) in [5.74, 6) is -0.0818. The molecule has 0 aliphatic heterocycles. The molecule has 0 saturated carbocycles. The molecule has 1 N–H and O–H groups in total. The number of alkyl halides is 3. The standard InChI is InChI=1S/C13H9Cl2F3N2O/c1-19-12-9(15)6-8(14)11(20-12)7-4-2-3-5-10(7)21-13(16,17)18/h2-6H,1H3,(H,19,20). The van der Waals surface area contributed by atoms with Gasteiger partial charge in [0, 0.05) is 12.6 Å². The molecule has 0 aliphatic carbocycles. The van der Waals surface area contributed by atoms with Crippen LogP contribution in [0.5, 0.6) is 5.75 Å². The second-order valence-electron chi connectivity index (χ2n) is 3.94. The maximum atomic E-state index is 12.4. The zero-order valence-corrected chi connectivity index (χ0v) is 12.1. The van der Waals surface area contributed by atoms with Crippen LogP contribution in [0.15, 0.2) is 30.3 Å². The minimum atomic E-state index is -4.80. The average Bonchev–Trinajstić information content (AvgIpc) is 2.38. The Bertz CT molecular complexity index is 662. The lowest BCUT2D eigenvalue weighted by atomic mass is 10.1. The number of rotatable bonds is 3. The largest absolute Gasteiger partial charge is 0.573 e. The molecule has 0 spiro atoms. The first-order chi connectivity index (χ1) is 9.81. The van der Waals surface area contributed by atoms with Gasteiger partial charge >= 0.3 is 6.36 Å². The van der Waals surface area contributed by atoms with Gasteiger partial charge in [-0.3, -0.25) is 0 Å². The average molecular weight is 337 g/mol. The van der Waals surface area contributed by atoms with Crippen LogP contribution in [0.25, 0.3) is 11.3 Å². The number of hydrogen-bond donors (Lipinski definition) is 1. The number of halogens is 5. The molecule has 0 atom stereocenters. The third-order valence-corrected chi connectivity index (χ3v) is 3.11. The van der Waals surface area contributed by atoms with Crippen molar-refractivity contribution in [3.63, 3.8) is 0 Å². The van der Waals surface area contributed by atoms with E-state index in [0.29, 0.717) is 5.82 Å². The Kier molecular flexibility index (Phi) is 4.49. The molecule has 2 aromatic rings. The van der Waals surface area contributed by atoms with Gasteiger partial charge in [0.2, 0.25) is 0 Å². The van der Waals surface area contributed by atoms with Crippen LogP contribution in [0.4, 0.5) is 19.0 Å². The third kappa shape index (κ3) is 3.71. The Morgan fingerprint density at radius 3 is 2.43 bits per heavy atom. The molecule has 0 radical (unpaired) electrons. The highest BCUT2D eigenvalue weighted by atomic mass is 35.5. The van der Waals surface area contributed by atoms with E-state index in [1.54, 1.807) is 13.1 Å². The van der Waals surface area contributed by atoms with E-state index in [1.807, 2.05) is 0 Å². The van der Waals surface area contributed by atoms with Gasteiger partial charge in [-0.25, -0.2) is 4.98 Å². The van der Waals surface area contributed by atoms with Crippen molar-refractivity contribution >= 4 is 29.0 Å². The first-order valence-corrected chi connectivity index (χ1v) is 6.46. The van der Waals surface area contributed by atoms with Crippen molar-refractivity contribution in [2.45, 2.75) is 6.36 Å². The quantitative estimate of drug-likeness (QED) is 0.856. The lowest BCUT2D eigenvalue weighted by Crippen LogP contribution is -2.17. The van der Waals surface area contributed by atoms with Gasteiger partial charge in [0.25, 0.3) is 0 Å². The fraction of sp³-hybridized carbons (Fsp3) is 0.154. The van der Waals surface area contributed by atoms with E-state index in [4.69, 9.17) is 23.2 Å². The number of nitrogens with zero attached hydrogens (tertiary/aromatic N) is 1. The zero-order chi connectivity index (χ0) is 15.6. The van der Waals surface area contributed by atoms with Gasteiger partial charge in [0.15, 0.2) is 0 Å². The molecule has 112 valence electrons. The van der Waals surface area contributed by atoms with Crippen molar-refractivity contribution < 1.29 is 17.9 Å². The number of nitrogens with one attached hydrogen (secondary N) is 1. The summed E-state index contributed by atoms with van der Waals surface area (Å²) in [6.45, 7) is 0. The summed E-state index contributed by atoms with van der Waals surface area (Å²) >= 11 is 11.9. The van der Waals surface area contributed by atoms with Crippen molar-refractivity contribution in [1.82, 2.24) is 4.98 Å². The van der Waals surface area contributed by atoms with E-state index in [9.17, 15) is 13.2 Å². The van der Waals surface area contributed by atoms with E-state index in [2.05, 4.69) is 15.0 Å². The molecule has 0 saturated heterocycles. The fourth-order valence-electron chi connectivity index (χ4n) is 1.71. The molecule has 8 heteroatoms. The number of aromatic nitrogens is 1. The van der Waals surface area contributed by atoms with Gasteiger partial charge < -0.3 is 10.1 Å². The topological polar surface area (TPSA) is 34.2 Å². The predicted molar refractivity (Wildman–Crippen MR) is 75.9 cm³/mol. The number of hydrogen-bond acceptors (Lipinski definition) is 3. The van der Waals surface area contributed by atoms with Crippen molar-refractivity contribution in [1.29, 1.82) is 0 Å². The minimum absolute atomic E-state index is 0.119. The first-order valence-electron chi connectivity index (χ1n) is 5.71. The summed E-state index contributed by atoms with van der Waals surface area (Å²) in [7, 11) is 1.59. The number of pyridine rings is 1. The summed E-state index contributed by atoms with van der Waals surface area (Å²) < 4.78 is 41.3. The SMILES string of the molecule is CNc1nc(-c2ccccc2OC(F)(F)F)c(Cl)cc1Cl.